The SMILES string of the molecule is CCCCCCCCCCC(O)CN(CCCC(C)C(C=O)OC(=O)C(OC)C(C)CCCN(CC(O)CCCCCCCCCC)CC(O)CCCCCCCCCC)CC(O)CCCCCCCCCC. The van der Waals surface area contributed by atoms with Gasteiger partial charge in [0.05, 0.1) is 24.4 Å². The van der Waals surface area contributed by atoms with E-state index in [0.29, 0.717) is 52.1 Å². The summed E-state index contributed by atoms with van der Waals surface area (Å²) in [5.74, 6) is -0.884. The van der Waals surface area contributed by atoms with Crippen LogP contribution in [0.15, 0.2) is 0 Å². The number of hydrogen-bond acceptors (Lipinski definition) is 10. The van der Waals surface area contributed by atoms with Gasteiger partial charge in [0.15, 0.2) is 18.5 Å². The number of methoxy groups -OCH3 is 1. The summed E-state index contributed by atoms with van der Waals surface area (Å²) >= 11 is 0. The number of aliphatic hydroxyl groups excluding tert-OH is 4. The molecule has 0 aliphatic rings. The lowest BCUT2D eigenvalue weighted by molar-refractivity contribution is -0.168. The Morgan fingerprint density at radius 1 is 0.397 bits per heavy atom. The van der Waals surface area contributed by atoms with Crippen LogP contribution in [0.3, 0.4) is 0 Å². The van der Waals surface area contributed by atoms with Crippen LogP contribution in [0.4, 0.5) is 0 Å². The van der Waals surface area contributed by atoms with Crippen molar-refractivity contribution in [3.63, 3.8) is 0 Å². The number of esters is 1. The molecule has 0 saturated carbocycles. The zero-order valence-corrected chi connectivity index (χ0v) is 49.5. The highest BCUT2D eigenvalue weighted by atomic mass is 16.6. The number of nitrogens with zero attached hydrogens (tertiary/aromatic N) is 2. The van der Waals surface area contributed by atoms with Crippen LogP contribution in [0.1, 0.15) is 298 Å². The summed E-state index contributed by atoms with van der Waals surface area (Å²) in [6.07, 6.45) is 42.6. The second kappa shape index (κ2) is 52.9. The van der Waals surface area contributed by atoms with Crippen LogP contribution in [0.25, 0.3) is 0 Å². The van der Waals surface area contributed by atoms with E-state index < -0.39 is 42.6 Å². The smallest absolute Gasteiger partial charge is 0.336 e. The van der Waals surface area contributed by atoms with Gasteiger partial charge in [-0.1, -0.05) is 247 Å². The lowest BCUT2D eigenvalue weighted by Gasteiger charge is -2.29. The van der Waals surface area contributed by atoms with Gasteiger partial charge >= 0.3 is 5.97 Å². The molecule has 73 heavy (non-hydrogen) atoms. The van der Waals surface area contributed by atoms with Crippen molar-refractivity contribution in [3.05, 3.63) is 0 Å². The molecule has 436 valence electrons. The van der Waals surface area contributed by atoms with E-state index in [4.69, 9.17) is 9.47 Å². The van der Waals surface area contributed by atoms with Crippen molar-refractivity contribution in [2.24, 2.45) is 11.8 Å². The molecule has 8 atom stereocenters. The first kappa shape index (κ1) is 71.9. The Labute approximate surface area is 453 Å². The largest absolute Gasteiger partial charge is 0.452 e. The van der Waals surface area contributed by atoms with E-state index in [9.17, 15) is 30.0 Å². The maximum Gasteiger partial charge on any atom is 0.336 e. The van der Waals surface area contributed by atoms with E-state index in [1.165, 1.54) is 161 Å². The van der Waals surface area contributed by atoms with Crippen molar-refractivity contribution < 1.29 is 39.5 Å². The van der Waals surface area contributed by atoms with E-state index in [1.54, 1.807) is 0 Å². The molecule has 0 aromatic heterocycles. The molecule has 0 aliphatic heterocycles. The lowest BCUT2D eigenvalue weighted by Crippen LogP contribution is -2.40. The number of ether oxygens (including phenoxy) is 2. The van der Waals surface area contributed by atoms with Crippen LogP contribution in [0, 0.1) is 11.8 Å². The molecule has 0 saturated heterocycles. The van der Waals surface area contributed by atoms with Crippen molar-refractivity contribution in [1.29, 1.82) is 0 Å². The topological polar surface area (TPSA) is 140 Å². The highest BCUT2D eigenvalue weighted by Gasteiger charge is 2.31. The van der Waals surface area contributed by atoms with Gasteiger partial charge in [-0.15, -0.1) is 0 Å². The average Bonchev–Trinajstić information content (AvgIpc) is 3.36. The van der Waals surface area contributed by atoms with Crippen LogP contribution in [-0.2, 0) is 19.1 Å². The Morgan fingerprint density at radius 2 is 0.658 bits per heavy atom. The normalized spacial score (nSPS) is 15.4. The first-order valence-corrected chi connectivity index (χ1v) is 31.8. The summed E-state index contributed by atoms with van der Waals surface area (Å²) < 4.78 is 11.6. The molecule has 10 heteroatoms. The zero-order chi connectivity index (χ0) is 54.0. The van der Waals surface area contributed by atoms with Gasteiger partial charge in [0.25, 0.3) is 0 Å². The molecule has 0 bridgehead atoms. The van der Waals surface area contributed by atoms with E-state index >= 15 is 0 Å². The third-order valence-electron chi connectivity index (χ3n) is 15.7. The van der Waals surface area contributed by atoms with Gasteiger partial charge in [0.2, 0.25) is 0 Å². The molecule has 8 unspecified atom stereocenters. The maximum atomic E-state index is 13.7. The monoisotopic (exact) mass is 1040 g/mol. The average molecular weight is 1040 g/mol. The van der Waals surface area contributed by atoms with Crippen LogP contribution in [-0.4, -0.2) is 125 Å². The van der Waals surface area contributed by atoms with E-state index in [2.05, 4.69) is 37.5 Å². The molecule has 10 nitrogen and oxygen atoms in total. The van der Waals surface area contributed by atoms with Crippen LogP contribution in [0.2, 0.25) is 0 Å². The van der Waals surface area contributed by atoms with Gasteiger partial charge in [-0.3, -0.25) is 14.6 Å². The Hall–Kier alpha value is -1.14. The third kappa shape index (κ3) is 44.5. The fourth-order valence-electron chi connectivity index (χ4n) is 10.8. The van der Waals surface area contributed by atoms with Gasteiger partial charge in [-0.2, -0.15) is 0 Å². The number of hydrogen-bond donors (Lipinski definition) is 4. The summed E-state index contributed by atoms with van der Waals surface area (Å²) in [5, 5.41) is 44.5. The Balaban J connectivity index is 5.33. The molecule has 4 N–H and O–H groups in total. The molecular weight excluding hydrogens is 913 g/mol. The molecule has 0 aromatic carbocycles. The van der Waals surface area contributed by atoms with Crippen molar-refractivity contribution in [3.8, 4) is 0 Å². The van der Waals surface area contributed by atoms with E-state index in [0.717, 1.165) is 96.2 Å². The molecule has 0 amide bonds. The summed E-state index contributed by atoms with van der Waals surface area (Å²) in [7, 11) is 1.53. The van der Waals surface area contributed by atoms with E-state index in [-0.39, 0.29) is 11.8 Å². The van der Waals surface area contributed by atoms with Crippen LogP contribution < -0.4 is 0 Å². The highest BCUT2D eigenvalue weighted by Crippen LogP contribution is 2.22. The fourth-order valence-corrected chi connectivity index (χ4v) is 10.8. The number of carbonyl (C=O) groups is 2. The zero-order valence-electron chi connectivity index (χ0n) is 49.5. The van der Waals surface area contributed by atoms with Crippen molar-refractivity contribution in [2.45, 2.75) is 335 Å². The summed E-state index contributed by atoms with van der Waals surface area (Å²) in [4.78, 5) is 30.5. The predicted molar refractivity (Wildman–Crippen MR) is 309 cm³/mol. The van der Waals surface area contributed by atoms with Crippen LogP contribution >= 0.6 is 0 Å². The van der Waals surface area contributed by atoms with Crippen molar-refractivity contribution >= 4 is 12.3 Å². The molecule has 0 spiro atoms. The van der Waals surface area contributed by atoms with E-state index in [1.807, 2.05) is 13.8 Å². The molecule has 0 aliphatic carbocycles. The summed E-state index contributed by atoms with van der Waals surface area (Å²) in [6.45, 7) is 16.4. The third-order valence-corrected chi connectivity index (χ3v) is 15.7. The maximum absolute atomic E-state index is 13.7. The minimum absolute atomic E-state index is 0.158. The van der Waals surface area contributed by atoms with Gasteiger partial charge < -0.3 is 29.9 Å². The van der Waals surface area contributed by atoms with Gasteiger partial charge in [0, 0.05) is 39.2 Å². The number of aliphatic hydroxyl groups is 4. The molecule has 0 radical (unpaired) electrons. The fraction of sp³-hybridized carbons (Fsp3) is 0.968. The minimum atomic E-state index is -0.897. The highest BCUT2D eigenvalue weighted by molar-refractivity contribution is 5.77. The Kier molecular flexibility index (Phi) is 52.1. The first-order chi connectivity index (χ1) is 35.4. The molecular formula is C63H126N2O8. The molecule has 0 aromatic rings. The second-order valence-corrected chi connectivity index (χ2v) is 23.1. The lowest BCUT2D eigenvalue weighted by atomic mass is 9.97. The quantitative estimate of drug-likeness (QED) is 0.0264. The molecule has 0 rings (SSSR count). The summed E-state index contributed by atoms with van der Waals surface area (Å²) in [5.41, 5.74) is 0. The van der Waals surface area contributed by atoms with Gasteiger partial charge in [-0.05, 0) is 70.4 Å². The number of aldehydes is 1. The predicted octanol–water partition coefficient (Wildman–Crippen LogP) is 15.1. The Bertz CT molecular complexity index is 1110. The van der Waals surface area contributed by atoms with Gasteiger partial charge in [-0.25, -0.2) is 4.79 Å². The number of rotatable bonds is 58. The minimum Gasteiger partial charge on any atom is -0.452 e. The standard InChI is InChI=1S/C63H126N2O8/c1-8-12-16-20-24-28-32-36-44-57(67)50-64(51-58(68)45-37-33-29-25-21-17-13-9-2)48-40-42-55(5)61(54-66)73-63(71)62(72-7)56(6)43-41-49-65(52-59(69)46-38-34-30-26-22-18-14-10-3)53-60(70)47-39-35-31-27-23-19-15-11-4/h54-62,67-70H,8-53H2,1-7H3. The van der Waals surface area contributed by atoms with Crippen LogP contribution in [0.5, 0.6) is 0 Å². The van der Waals surface area contributed by atoms with Crippen molar-refractivity contribution in [2.75, 3.05) is 46.4 Å². The second-order valence-electron chi connectivity index (χ2n) is 23.1. The van der Waals surface area contributed by atoms with Crippen molar-refractivity contribution in [1.82, 2.24) is 9.80 Å². The molecule has 0 fully saturated rings. The summed E-state index contributed by atoms with van der Waals surface area (Å²) in [6, 6.07) is 0. The van der Waals surface area contributed by atoms with Gasteiger partial charge in [0.1, 0.15) is 0 Å². The number of carbonyl (C=O) groups excluding carboxylic acids is 2. The number of unbranched alkanes of at least 4 members (excludes halogenated alkanes) is 28. The first-order valence-electron chi connectivity index (χ1n) is 31.8. The Morgan fingerprint density at radius 3 is 0.918 bits per heavy atom. The molecule has 0 heterocycles.